The van der Waals surface area contributed by atoms with E-state index in [1.165, 1.54) is 0 Å². The quantitative estimate of drug-likeness (QED) is 0.757. The standard InChI is InChI=1S/C13H20ClNO2/c1-9-10(2)13(17-5)11(8-12(9)16-4)15(3)7-6-14/h8H,6-7H2,1-5H3. The van der Waals surface area contributed by atoms with E-state index >= 15 is 0 Å². The molecule has 0 aliphatic rings. The van der Waals surface area contributed by atoms with Crippen LogP contribution >= 0.6 is 11.6 Å². The Morgan fingerprint density at radius 3 is 2.29 bits per heavy atom. The van der Waals surface area contributed by atoms with Gasteiger partial charge in [0.05, 0.1) is 19.9 Å². The molecule has 96 valence electrons. The minimum Gasteiger partial charge on any atom is -0.496 e. The van der Waals surface area contributed by atoms with Crippen molar-refractivity contribution in [3.8, 4) is 11.5 Å². The van der Waals surface area contributed by atoms with Crippen LogP contribution < -0.4 is 14.4 Å². The molecule has 0 saturated heterocycles. The van der Waals surface area contributed by atoms with Crippen molar-refractivity contribution >= 4 is 17.3 Å². The van der Waals surface area contributed by atoms with E-state index in [4.69, 9.17) is 21.1 Å². The van der Waals surface area contributed by atoms with Gasteiger partial charge in [-0.25, -0.2) is 0 Å². The normalized spacial score (nSPS) is 10.2. The van der Waals surface area contributed by atoms with Gasteiger partial charge in [-0.05, 0) is 25.0 Å². The van der Waals surface area contributed by atoms with E-state index in [1.807, 2.05) is 27.0 Å². The summed E-state index contributed by atoms with van der Waals surface area (Å²) in [6, 6.07) is 1.99. The van der Waals surface area contributed by atoms with Crippen LogP contribution in [0.2, 0.25) is 0 Å². The average molecular weight is 258 g/mol. The number of ether oxygens (including phenoxy) is 2. The van der Waals surface area contributed by atoms with Crippen LogP contribution in [-0.2, 0) is 0 Å². The molecule has 1 aromatic rings. The van der Waals surface area contributed by atoms with Gasteiger partial charge in [0.2, 0.25) is 0 Å². The smallest absolute Gasteiger partial charge is 0.145 e. The highest BCUT2D eigenvalue weighted by Gasteiger charge is 2.16. The predicted molar refractivity (Wildman–Crippen MR) is 73.0 cm³/mol. The summed E-state index contributed by atoms with van der Waals surface area (Å²) in [4.78, 5) is 2.07. The molecule has 0 amide bonds. The van der Waals surface area contributed by atoms with E-state index in [0.717, 1.165) is 34.9 Å². The molecule has 3 nitrogen and oxygen atoms in total. The lowest BCUT2D eigenvalue weighted by atomic mass is 10.1. The molecule has 0 spiro atoms. The van der Waals surface area contributed by atoms with Gasteiger partial charge < -0.3 is 14.4 Å². The monoisotopic (exact) mass is 257 g/mol. The van der Waals surface area contributed by atoms with Gasteiger partial charge in [0, 0.05) is 25.5 Å². The van der Waals surface area contributed by atoms with Crippen molar-refractivity contribution in [2.24, 2.45) is 0 Å². The number of halogens is 1. The van der Waals surface area contributed by atoms with Crippen LogP contribution in [0.3, 0.4) is 0 Å². The summed E-state index contributed by atoms with van der Waals surface area (Å²) >= 11 is 5.77. The maximum Gasteiger partial charge on any atom is 0.145 e. The Hall–Kier alpha value is -1.09. The first kappa shape index (κ1) is 14.0. The number of benzene rings is 1. The number of hydrogen-bond acceptors (Lipinski definition) is 3. The summed E-state index contributed by atoms with van der Waals surface area (Å²) in [5, 5.41) is 0. The lowest BCUT2D eigenvalue weighted by Crippen LogP contribution is -2.20. The molecule has 0 bridgehead atoms. The third-order valence-corrected chi connectivity index (χ3v) is 3.20. The van der Waals surface area contributed by atoms with Crippen molar-refractivity contribution in [1.29, 1.82) is 0 Å². The van der Waals surface area contributed by atoms with Crippen molar-refractivity contribution < 1.29 is 9.47 Å². The SMILES string of the molecule is COc1cc(N(C)CCCl)c(OC)c(C)c1C. The third-order valence-electron chi connectivity index (χ3n) is 3.03. The number of hydrogen-bond donors (Lipinski definition) is 0. The second-order valence-electron chi connectivity index (χ2n) is 3.99. The van der Waals surface area contributed by atoms with Crippen molar-refractivity contribution in [3.63, 3.8) is 0 Å². The van der Waals surface area contributed by atoms with Crippen molar-refractivity contribution in [2.45, 2.75) is 13.8 Å². The summed E-state index contributed by atoms with van der Waals surface area (Å²) in [6.07, 6.45) is 0. The van der Waals surface area contributed by atoms with Crippen molar-refractivity contribution in [2.75, 3.05) is 38.6 Å². The second-order valence-corrected chi connectivity index (χ2v) is 4.37. The van der Waals surface area contributed by atoms with Crippen molar-refractivity contribution in [1.82, 2.24) is 0 Å². The zero-order chi connectivity index (χ0) is 13.0. The Bertz CT molecular complexity index is 393. The van der Waals surface area contributed by atoms with Crippen molar-refractivity contribution in [3.05, 3.63) is 17.2 Å². The summed E-state index contributed by atoms with van der Waals surface area (Å²) in [6.45, 7) is 4.83. The highest BCUT2D eigenvalue weighted by atomic mass is 35.5. The third kappa shape index (κ3) is 2.78. The van der Waals surface area contributed by atoms with Crippen LogP contribution in [0.4, 0.5) is 5.69 Å². The van der Waals surface area contributed by atoms with E-state index in [-0.39, 0.29) is 0 Å². The summed E-state index contributed by atoms with van der Waals surface area (Å²) in [5.74, 6) is 2.34. The predicted octanol–water partition coefficient (Wildman–Crippen LogP) is 3.00. The van der Waals surface area contributed by atoms with Crippen LogP contribution in [0, 0.1) is 13.8 Å². The molecule has 0 N–H and O–H groups in total. The lowest BCUT2D eigenvalue weighted by Gasteiger charge is -2.24. The second kappa shape index (κ2) is 6.01. The summed E-state index contributed by atoms with van der Waals surface area (Å²) in [7, 11) is 5.36. The Morgan fingerprint density at radius 2 is 1.82 bits per heavy atom. The van der Waals surface area contributed by atoms with E-state index in [0.29, 0.717) is 5.88 Å². The fourth-order valence-corrected chi connectivity index (χ4v) is 2.10. The van der Waals surface area contributed by atoms with Gasteiger partial charge >= 0.3 is 0 Å². The fourth-order valence-electron chi connectivity index (χ4n) is 1.85. The Labute approximate surface area is 108 Å². The van der Waals surface area contributed by atoms with Crippen LogP contribution in [0.5, 0.6) is 11.5 Å². The van der Waals surface area contributed by atoms with E-state index < -0.39 is 0 Å². The van der Waals surface area contributed by atoms with Crippen LogP contribution in [0.25, 0.3) is 0 Å². The first-order chi connectivity index (χ1) is 8.06. The molecule has 0 radical (unpaired) electrons. The molecule has 0 heterocycles. The Morgan fingerprint density at radius 1 is 1.18 bits per heavy atom. The van der Waals surface area contributed by atoms with Gasteiger partial charge in [-0.1, -0.05) is 0 Å². The molecule has 0 aromatic heterocycles. The molecule has 0 atom stereocenters. The van der Waals surface area contributed by atoms with Crippen LogP contribution in [0.1, 0.15) is 11.1 Å². The molecule has 0 unspecified atom stereocenters. The molecule has 0 aliphatic carbocycles. The topological polar surface area (TPSA) is 21.7 Å². The van der Waals surface area contributed by atoms with Gasteiger partial charge in [-0.15, -0.1) is 11.6 Å². The Balaban J connectivity index is 3.31. The lowest BCUT2D eigenvalue weighted by molar-refractivity contribution is 0.398. The maximum atomic E-state index is 5.77. The van der Waals surface area contributed by atoms with Gasteiger partial charge in [0.25, 0.3) is 0 Å². The molecule has 4 heteroatoms. The van der Waals surface area contributed by atoms with E-state index in [1.54, 1.807) is 14.2 Å². The van der Waals surface area contributed by atoms with Gasteiger partial charge in [0.15, 0.2) is 0 Å². The number of methoxy groups -OCH3 is 2. The van der Waals surface area contributed by atoms with Gasteiger partial charge in [0.1, 0.15) is 11.5 Å². The largest absolute Gasteiger partial charge is 0.496 e. The molecule has 0 fully saturated rings. The molecule has 1 aromatic carbocycles. The van der Waals surface area contributed by atoms with Gasteiger partial charge in [-0.3, -0.25) is 0 Å². The first-order valence-corrected chi connectivity index (χ1v) is 6.09. The number of alkyl halides is 1. The maximum absolute atomic E-state index is 5.77. The minimum absolute atomic E-state index is 0.578. The molecule has 0 aliphatic heterocycles. The van der Waals surface area contributed by atoms with Crippen LogP contribution in [0.15, 0.2) is 6.07 Å². The first-order valence-electron chi connectivity index (χ1n) is 5.56. The summed E-state index contributed by atoms with van der Waals surface area (Å²) in [5.41, 5.74) is 3.21. The molecular formula is C13H20ClNO2. The fraction of sp³-hybridized carbons (Fsp3) is 0.538. The van der Waals surface area contributed by atoms with E-state index in [9.17, 15) is 0 Å². The zero-order valence-corrected chi connectivity index (χ0v) is 11.9. The minimum atomic E-state index is 0.578. The van der Waals surface area contributed by atoms with E-state index in [2.05, 4.69) is 4.90 Å². The summed E-state index contributed by atoms with van der Waals surface area (Å²) < 4.78 is 10.9. The van der Waals surface area contributed by atoms with Crippen LogP contribution in [-0.4, -0.2) is 33.7 Å². The number of anilines is 1. The number of nitrogens with zero attached hydrogens (tertiary/aromatic N) is 1. The molecular weight excluding hydrogens is 238 g/mol. The Kier molecular flexibility index (Phi) is 4.94. The highest BCUT2D eigenvalue weighted by Crippen LogP contribution is 2.38. The molecule has 0 saturated carbocycles. The van der Waals surface area contributed by atoms with Gasteiger partial charge in [-0.2, -0.15) is 0 Å². The number of rotatable bonds is 5. The highest BCUT2D eigenvalue weighted by molar-refractivity contribution is 6.18. The molecule has 17 heavy (non-hydrogen) atoms. The zero-order valence-electron chi connectivity index (χ0n) is 11.1. The molecule has 1 rings (SSSR count). The average Bonchev–Trinajstić information content (AvgIpc) is 2.32.